The fourth-order valence-electron chi connectivity index (χ4n) is 2.58. The van der Waals surface area contributed by atoms with Crippen LogP contribution in [0.15, 0.2) is 54.7 Å². The summed E-state index contributed by atoms with van der Waals surface area (Å²) in [6.07, 6.45) is 1.64. The fourth-order valence-corrected chi connectivity index (χ4v) is 2.58. The molecule has 2 aromatic carbocycles. The maximum Gasteiger partial charge on any atom is 0.338 e. The maximum atomic E-state index is 11.7. The molecule has 8 heteroatoms. The Hall–Kier alpha value is -3.81. The number of methoxy groups -OCH3 is 2. The third-order valence-corrected chi connectivity index (χ3v) is 3.96. The molecular formula is C21H22N4O4. The highest BCUT2D eigenvalue weighted by Crippen LogP contribution is 2.31. The molecule has 2 N–H and O–H groups in total. The fraction of sp³-hybridized carbons (Fsp3) is 0.190. The van der Waals surface area contributed by atoms with Gasteiger partial charge in [-0.05, 0) is 49.4 Å². The largest absolute Gasteiger partial charge is 0.493 e. The van der Waals surface area contributed by atoms with Crippen molar-refractivity contribution in [1.29, 1.82) is 0 Å². The number of aromatic nitrogens is 2. The molecule has 0 radical (unpaired) electrons. The molecule has 0 unspecified atom stereocenters. The van der Waals surface area contributed by atoms with Crippen molar-refractivity contribution in [2.24, 2.45) is 0 Å². The monoisotopic (exact) mass is 394 g/mol. The Labute approximate surface area is 168 Å². The van der Waals surface area contributed by atoms with Crippen LogP contribution in [0.1, 0.15) is 17.3 Å². The summed E-state index contributed by atoms with van der Waals surface area (Å²) in [6, 6.07) is 14.2. The van der Waals surface area contributed by atoms with E-state index in [0.29, 0.717) is 35.4 Å². The number of ether oxygens (including phenoxy) is 3. The van der Waals surface area contributed by atoms with Gasteiger partial charge in [0, 0.05) is 23.6 Å². The van der Waals surface area contributed by atoms with E-state index in [0.717, 1.165) is 11.4 Å². The predicted octanol–water partition coefficient (Wildman–Crippen LogP) is 4.16. The van der Waals surface area contributed by atoms with Crippen LogP contribution in [0.2, 0.25) is 0 Å². The molecular weight excluding hydrogens is 372 g/mol. The van der Waals surface area contributed by atoms with Gasteiger partial charge >= 0.3 is 5.97 Å². The summed E-state index contributed by atoms with van der Waals surface area (Å²) in [4.78, 5) is 20.4. The minimum atomic E-state index is -0.351. The summed E-state index contributed by atoms with van der Waals surface area (Å²) in [7, 11) is 3.17. The lowest BCUT2D eigenvalue weighted by atomic mass is 10.2. The van der Waals surface area contributed by atoms with Crippen molar-refractivity contribution >= 4 is 29.1 Å². The summed E-state index contributed by atoms with van der Waals surface area (Å²) in [5.74, 6) is 1.94. The second-order valence-electron chi connectivity index (χ2n) is 5.88. The highest BCUT2D eigenvalue weighted by molar-refractivity contribution is 5.89. The zero-order valence-electron chi connectivity index (χ0n) is 16.4. The summed E-state index contributed by atoms with van der Waals surface area (Å²) < 4.78 is 15.5. The summed E-state index contributed by atoms with van der Waals surface area (Å²) in [6.45, 7) is 2.11. The highest BCUT2D eigenvalue weighted by Gasteiger charge is 2.08. The van der Waals surface area contributed by atoms with Crippen LogP contribution in [-0.2, 0) is 4.74 Å². The summed E-state index contributed by atoms with van der Waals surface area (Å²) in [5, 5.41) is 6.32. The van der Waals surface area contributed by atoms with Gasteiger partial charge in [0.2, 0.25) is 5.95 Å². The molecule has 8 nitrogen and oxygen atoms in total. The van der Waals surface area contributed by atoms with E-state index in [2.05, 4.69) is 20.6 Å². The van der Waals surface area contributed by atoms with E-state index in [1.807, 2.05) is 18.2 Å². The van der Waals surface area contributed by atoms with Crippen molar-refractivity contribution in [3.05, 3.63) is 60.3 Å². The molecule has 1 heterocycles. The lowest BCUT2D eigenvalue weighted by Crippen LogP contribution is -2.05. The Morgan fingerprint density at radius 1 is 0.931 bits per heavy atom. The van der Waals surface area contributed by atoms with Crippen molar-refractivity contribution in [2.45, 2.75) is 6.92 Å². The van der Waals surface area contributed by atoms with Crippen molar-refractivity contribution in [2.75, 3.05) is 31.5 Å². The molecule has 0 atom stereocenters. The molecule has 3 aromatic rings. The topological polar surface area (TPSA) is 94.6 Å². The molecule has 0 amide bonds. The molecule has 0 aliphatic heterocycles. The van der Waals surface area contributed by atoms with E-state index in [4.69, 9.17) is 14.2 Å². The van der Waals surface area contributed by atoms with E-state index in [9.17, 15) is 4.79 Å². The maximum absolute atomic E-state index is 11.7. The summed E-state index contributed by atoms with van der Waals surface area (Å²) >= 11 is 0. The number of rotatable bonds is 8. The quantitative estimate of drug-likeness (QED) is 0.550. The Balaban J connectivity index is 1.70. The first-order chi connectivity index (χ1) is 14.1. The first-order valence-electron chi connectivity index (χ1n) is 8.99. The Kier molecular flexibility index (Phi) is 6.47. The average Bonchev–Trinajstić information content (AvgIpc) is 2.74. The number of hydrogen-bond donors (Lipinski definition) is 2. The Bertz CT molecular complexity index is 977. The van der Waals surface area contributed by atoms with E-state index in [1.165, 1.54) is 0 Å². The van der Waals surface area contributed by atoms with Gasteiger partial charge in [0.05, 0.1) is 26.4 Å². The van der Waals surface area contributed by atoms with E-state index >= 15 is 0 Å². The normalized spacial score (nSPS) is 10.2. The zero-order chi connectivity index (χ0) is 20.6. The minimum absolute atomic E-state index is 0.340. The van der Waals surface area contributed by atoms with Gasteiger partial charge in [0.1, 0.15) is 5.82 Å². The molecule has 0 saturated heterocycles. The van der Waals surface area contributed by atoms with Crippen LogP contribution in [-0.4, -0.2) is 36.8 Å². The molecule has 0 aliphatic rings. The lowest BCUT2D eigenvalue weighted by Gasteiger charge is -2.11. The highest BCUT2D eigenvalue weighted by atomic mass is 16.5. The molecule has 0 bridgehead atoms. The molecule has 150 valence electrons. The van der Waals surface area contributed by atoms with Crippen LogP contribution in [0.5, 0.6) is 11.5 Å². The van der Waals surface area contributed by atoms with Crippen molar-refractivity contribution in [3.8, 4) is 11.5 Å². The first kappa shape index (κ1) is 19.9. The number of hydrogen-bond acceptors (Lipinski definition) is 8. The van der Waals surface area contributed by atoms with Gasteiger partial charge in [-0.3, -0.25) is 0 Å². The number of anilines is 4. The lowest BCUT2D eigenvalue weighted by molar-refractivity contribution is 0.0526. The van der Waals surface area contributed by atoms with E-state index in [1.54, 1.807) is 57.7 Å². The Morgan fingerprint density at radius 2 is 1.66 bits per heavy atom. The molecule has 0 aliphatic carbocycles. The third-order valence-electron chi connectivity index (χ3n) is 3.96. The molecule has 29 heavy (non-hydrogen) atoms. The molecule has 1 aromatic heterocycles. The molecule has 0 fully saturated rings. The predicted molar refractivity (Wildman–Crippen MR) is 111 cm³/mol. The molecule has 0 spiro atoms. The van der Waals surface area contributed by atoms with Gasteiger partial charge in [-0.25, -0.2) is 9.78 Å². The Morgan fingerprint density at radius 3 is 2.34 bits per heavy atom. The summed E-state index contributed by atoms with van der Waals surface area (Å²) in [5.41, 5.74) is 2.04. The van der Waals surface area contributed by atoms with Crippen LogP contribution >= 0.6 is 0 Å². The van der Waals surface area contributed by atoms with Crippen LogP contribution in [0, 0.1) is 0 Å². The smallest absolute Gasteiger partial charge is 0.338 e. The van der Waals surface area contributed by atoms with Crippen molar-refractivity contribution in [3.63, 3.8) is 0 Å². The number of nitrogens with one attached hydrogen (secondary N) is 2. The van der Waals surface area contributed by atoms with Gasteiger partial charge in [-0.2, -0.15) is 4.98 Å². The van der Waals surface area contributed by atoms with Gasteiger partial charge < -0.3 is 24.8 Å². The van der Waals surface area contributed by atoms with Crippen LogP contribution in [0.4, 0.5) is 23.1 Å². The van der Waals surface area contributed by atoms with Gasteiger partial charge in [0.25, 0.3) is 0 Å². The number of esters is 1. The van der Waals surface area contributed by atoms with Crippen molar-refractivity contribution in [1.82, 2.24) is 9.97 Å². The first-order valence-corrected chi connectivity index (χ1v) is 8.99. The molecule has 3 rings (SSSR count). The minimum Gasteiger partial charge on any atom is -0.493 e. The zero-order valence-corrected chi connectivity index (χ0v) is 16.4. The number of carbonyl (C=O) groups excluding carboxylic acids is 1. The van der Waals surface area contributed by atoms with Crippen molar-refractivity contribution < 1.29 is 19.0 Å². The SMILES string of the molecule is CCOC(=O)c1ccc(Nc2nccc(Nc3ccc(OC)c(OC)c3)n2)cc1. The standard InChI is InChI=1S/C21H22N4O4/c1-4-29-20(26)14-5-7-15(8-6-14)24-21-22-12-11-19(25-21)23-16-9-10-17(27-2)18(13-16)28-3/h5-13H,4H2,1-3H3,(H2,22,23,24,25). The van der Waals surface area contributed by atoms with E-state index in [-0.39, 0.29) is 5.97 Å². The van der Waals surface area contributed by atoms with Crippen LogP contribution in [0.3, 0.4) is 0 Å². The van der Waals surface area contributed by atoms with E-state index < -0.39 is 0 Å². The van der Waals surface area contributed by atoms with Gasteiger partial charge in [-0.1, -0.05) is 0 Å². The second-order valence-corrected chi connectivity index (χ2v) is 5.88. The number of benzene rings is 2. The molecule has 0 saturated carbocycles. The number of carbonyl (C=O) groups is 1. The third kappa shape index (κ3) is 5.13. The number of nitrogens with zero attached hydrogens (tertiary/aromatic N) is 2. The van der Waals surface area contributed by atoms with Crippen LogP contribution in [0.25, 0.3) is 0 Å². The second kappa shape index (κ2) is 9.41. The average molecular weight is 394 g/mol. The van der Waals surface area contributed by atoms with Crippen LogP contribution < -0.4 is 20.1 Å². The van der Waals surface area contributed by atoms with Gasteiger partial charge in [0.15, 0.2) is 11.5 Å². The van der Waals surface area contributed by atoms with Gasteiger partial charge in [-0.15, -0.1) is 0 Å².